The number of nitrogens with two attached hydrogens (primary N) is 1. The van der Waals surface area contributed by atoms with Gasteiger partial charge in [0.25, 0.3) is 5.24 Å². The Morgan fingerprint density at radius 2 is 1.83 bits per heavy atom. The number of nitro benzene ring substituents is 1. The Bertz CT molecular complexity index is 883. The molecule has 120 valence electrons. The number of nitrogens with zero attached hydrogens (tertiary/aromatic N) is 1. The molecule has 10 heteroatoms. The number of hydrogen-bond donors (Lipinski definition) is 1. The van der Waals surface area contributed by atoms with Gasteiger partial charge in [0.1, 0.15) is 10.6 Å². The highest BCUT2D eigenvalue weighted by atomic mass is 35.5. The van der Waals surface area contributed by atoms with Crippen LogP contribution in [-0.4, -0.2) is 18.6 Å². The van der Waals surface area contributed by atoms with Gasteiger partial charge in [0.05, 0.1) is 4.92 Å². The molecule has 0 fully saturated rings. The lowest BCUT2D eigenvalue weighted by Gasteiger charge is -2.11. The Balaban J connectivity index is 2.76. The number of hydrogen-bond acceptors (Lipinski definition) is 6. The minimum Gasteiger partial charge on any atom is -0.449 e. The minimum absolute atomic E-state index is 0.158. The number of carbonyl (C=O) groups excluding carboxylic acids is 1. The summed E-state index contributed by atoms with van der Waals surface area (Å²) in [4.78, 5) is 20.8. The Morgan fingerprint density at radius 3 is 2.30 bits per heavy atom. The maximum absolute atomic E-state index is 11.7. The molecular weight excluding hydrogens is 348 g/mol. The third kappa shape index (κ3) is 3.83. The summed E-state index contributed by atoms with van der Waals surface area (Å²) in [5.74, 6) is -0.434. The summed E-state index contributed by atoms with van der Waals surface area (Å²) >= 11 is 5.28. The fraction of sp³-hybridized carbons (Fsp3) is 0. The molecule has 2 rings (SSSR count). The van der Waals surface area contributed by atoms with Gasteiger partial charge in [-0.25, -0.2) is 13.6 Å². The Hall–Kier alpha value is -2.49. The van der Waals surface area contributed by atoms with Crippen LogP contribution >= 0.6 is 11.6 Å². The van der Waals surface area contributed by atoms with Gasteiger partial charge in [-0.1, -0.05) is 18.2 Å². The van der Waals surface area contributed by atoms with E-state index in [0.717, 1.165) is 12.1 Å². The fourth-order valence-corrected chi connectivity index (χ4v) is 2.56. The summed E-state index contributed by atoms with van der Waals surface area (Å²) < 4.78 is 28.7. The number of rotatable bonds is 5. The first-order valence-electron chi connectivity index (χ1n) is 5.98. The number of halogens is 1. The number of benzene rings is 2. The average molecular weight is 357 g/mol. The van der Waals surface area contributed by atoms with E-state index < -0.39 is 36.5 Å². The van der Waals surface area contributed by atoms with Crippen molar-refractivity contribution >= 4 is 32.6 Å². The third-order valence-corrected chi connectivity index (χ3v) is 3.86. The second kappa shape index (κ2) is 6.32. The topological polar surface area (TPSA) is 130 Å². The lowest BCUT2D eigenvalue weighted by molar-refractivity contribution is -0.385. The molecule has 2 aromatic carbocycles. The van der Waals surface area contributed by atoms with Gasteiger partial charge in [0.2, 0.25) is 15.8 Å². The Kier molecular flexibility index (Phi) is 4.64. The molecule has 0 heterocycles. The highest BCUT2D eigenvalue weighted by Crippen LogP contribution is 2.38. The second-order valence-electron chi connectivity index (χ2n) is 4.31. The first-order chi connectivity index (χ1) is 10.7. The van der Waals surface area contributed by atoms with Crippen LogP contribution in [0.4, 0.5) is 5.69 Å². The maximum Gasteiger partial charge on any atom is 0.313 e. The van der Waals surface area contributed by atoms with E-state index >= 15 is 0 Å². The average Bonchev–Trinajstić information content (AvgIpc) is 2.46. The second-order valence-corrected chi connectivity index (χ2v) is 6.19. The Labute approximate surface area is 135 Å². The largest absolute Gasteiger partial charge is 0.449 e. The molecule has 0 aliphatic heterocycles. The molecule has 0 bridgehead atoms. The monoisotopic (exact) mass is 356 g/mol. The van der Waals surface area contributed by atoms with E-state index in [2.05, 4.69) is 0 Å². The molecule has 0 aromatic heterocycles. The SMILES string of the molecule is NS(=O)(=O)c1cc(C(=O)Cl)cc([N+](=O)[O-])c1Oc1ccccc1. The van der Waals surface area contributed by atoms with Crippen molar-refractivity contribution in [3.05, 3.63) is 58.1 Å². The lowest BCUT2D eigenvalue weighted by atomic mass is 10.2. The molecule has 0 aliphatic rings. The Morgan fingerprint density at radius 1 is 1.22 bits per heavy atom. The predicted molar refractivity (Wildman–Crippen MR) is 81.2 cm³/mol. The molecule has 0 amide bonds. The molecule has 0 aliphatic carbocycles. The third-order valence-electron chi connectivity index (χ3n) is 2.73. The van der Waals surface area contributed by atoms with Crippen LogP contribution in [0, 0.1) is 10.1 Å². The lowest BCUT2D eigenvalue weighted by Crippen LogP contribution is -2.15. The minimum atomic E-state index is -4.41. The van der Waals surface area contributed by atoms with Crippen molar-refractivity contribution < 1.29 is 22.9 Å². The van der Waals surface area contributed by atoms with Crippen LogP contribution < -0.4 is 9.88 Å². The van der Waals surface area contributed by atoms with Crippen molar-refractivity contribution in [2.75, 3.05) is 0 Å². The summed E-state index contributed by atoms with van der Waals surface area (Å²) in [5.41, 5.74) is -1.13. The van der Waals surface area contributed by atoms with Gasteiger partial charge in [-0.3, -0.25) is 14.9 Å². The zero-order valence-corrected chi connectivity index (χ0v) is 12.9. The summed E-state index contributed by atoms with van der Waals surface area (Å²) in [6.07, 6.45) is 0. The van der Waals surface area contributed by atoms with E-state index in [1.807, 2.05) is 0 Å². The van der Waals surface area contributed by atoms with E-state index in [9.17, 15) is 23.3 Å². The van der Waals surface area contributed by atoms with Gasteiger partial charge < -0.3 is 4.74 Å². The molecule has 0 unspecified atom stereocenters. The van der Waals surface area contributed by atoms with E-state index in [0.29, 0.717) is 0 Å². The van der Waals surface area contributed by atoms with Crippen molar-refractivity contribution in [1.29, 1.82) is 0 Å². The van der Waals surface area contributed by atoms with Crippen LogP contribution in [-0.2, 0) is 10.0 Å². The molecule has 0 saturated carbocycles. The molecule has 0 saturated heterocycles. The molecule has 2 aromatic rings. The molecule has 8 nitrogen and oxygen atoms in total. The maximum atomic E-state index is 11.7. The first-order valence-corrected chi connectivity index (χ1v) is 7.90. The van der Waals surface area contributed by atoms with Crippen LogP contribution in [0.15, 0.2) is 47.4 Å². The number of nitro groups is 1. The number of sulfonamides is 1. The normalized spacial score (nSPS) is 11.0. The van der Waals surface area contributed by atoms with E-state index in [1.165, 1.54) is 12.1 Å². The highest BCUT2D eigenvalue weighted by molar-refractivity contribution is 7.89. The number of primary sulfonamides is 1. The molecule has 0 atom stereocenters. The first kappa shape index (κ1) is 16.9. The van der Waals surface area contributed by atoms with Crippen molar-refractivity contribution in [1.82, 2.24) is 0 Å². The highest BCUT2D eigenvalue weighted by Gasteiger charge is 2.29. The van der Waals surface area contributed by atoms with E-state index in [-0.39, 0.29) is 11.3 Å². The number of carbonyl (C=O) groups is 1. The van der Waals surface area contributed by atoms with Gasteiger partial charge in [0, 0.05) is 11.6 Å². The zero-order valence-electron chi connectivity index (χ0n) is 11.3. The van der Waals surface area contributed by atoms with Crippen LogP contribution in [0.1, 0.15) is 10.4 Å². The van der Waals surface area contributed by atoms with Crippen LogP contribution in [0.5, 0.6) is 11.5 Å². The van der Waals surface area contributed by atoms with E-state index in [4.69, 9.17) is 21.5 Å². The summed E-state index contributed by atoms with van der Waals surface area (Å²) in [6.45, 7) is 0. The summed E-state index contributed by atoms with van der Waals surface area (Å²) in [6, 6.07) is 9.45. The molecule has 0 radical (unpaired) electrons. The number of ether oxygens (including phenoxy) is 1. The fourth-order valence-electron chi connectivity index (χ4n) is 1.76. The molecular formula is C13H9ClN2O6S. The smallest absolute Gasteiger partial charge is 0.313 e. The summed E-state index contributed by atoms with van der Waals surface area (Å²) in [5, 5.41) is 15.2. The van der Waals surface area contributed by atoms with Crippen LogP contribution in [0.25, 0.3) is 0 Å². The molecule has 2 N–H and O–H groups in total. The number of para-hydroxylation sites is 1. The predicted octanol–water partition coefficient (Wildman–Crippen LogP) is 2.41. The van der Waals surface area contributed by atoms with Gasteiger partial charge in [-0.05, 0) is 29.8 Å². The van der Waals surface area contributed by atoms with Gasteiger partial charge >= 0.3 is 5.69 Å². The molecule has 23 heavy (non-hydrogen) atoms. The summed E-state index contributed by atoms with van der Waals surface area (Å²) in [7, 11) is -4.41. The van der Waals surface area contributed by atoms with Crippen molar-refractivity contribution in [2.24, 2.45) is 5.14 Å². The van der Waals surface area contributed by atoms with Crippen LogP contribution in [0.3, 0.4) is 0 Å². The van der Waals surface area contributed by atoms with Crippen molar-refractivity contribution in [3.8, 4) is 11.5 Å². The van der Waals surface area contributed by atoms with Crippen molar-refractivity contribution in [2.45, 2.75) is 4.90 Å². The van der Waals surface area contributed by atoms with Gasteiger partial charge in [-0.2, -0.15) is 0 Å². The standard InChI is InChI=1S/C13H9ClN2O6S/c14-13(17)8-6-10(16(18)19)12(11(7-8)23(15,20)21)22-9-4-2-1-3-5-9/h1-7H,(H2,15,20,21). The van der Waals surface area contributed by atoms with E-state index in [1.54, 1.807) is 18.2 Å². The van der Waals surface area contributed by atoms with Crippen LogP contribution in [0.2, 0.25) is 0 Å². The quantitative estimate of drug-likeness (QED) is 0.497. The van der Waals surface area contributed by atoms with Gasteiger partial charge in [0.15, 0.2) is 0 Å². The zero-order chi connectivity index (χ0) is 17.2. The van der Waals surface area contributed by atoms with Gasteiger partial charge in [-0.15, -0.1) is 0 Å². The van der Waals surface area contributed by atoms with Crippen molar-refractivity contribution in [3.63, 3.8) is 0 Å². The molecule has 0 spiro atoms.